The zero-order chi connectivity index (χ0) is 13.5. The molecule has 0 saturated heterocycles. The summed E-state index contributed by atoms with van der Waals surface area (Å²) >= 11 is 0. The number of carboxylic acid groups (broad SMARTS) is 1. The number of nitrogens with zero attached hydrogens (tertiary/aromatic N) is 2. The number of carbonyl (C=O) groups is 1. The highest BCUT2D eigenvalue weighted by Crippen LogP contribution is 2.11. The Hall–Kier alpha value is -2.41. The van der Waals surface area contributed by atoms with Crippen molar-refractivity contribution in [3.8, 4) is 5.75 Å². The van der Waals surface area contributed by atoms with E-state index in [9.17, 15) is 4.79 Å². The number of nitrogens with one attached hydrogen (secondary N) is 1. The van der Waals surface area contributed by atoms with Crippen LogP contribution in [-0.4, -0.2) is 34.4 Å². The number of benzene rings is 1. The Kier molecular flexibility index (Phi) is 4.46. The molecular formula is C12H13N3O4. The van der Waals surface area contributed by atoms with Crippen molar-refractivity contribution in [1.82, 2.24) is 15.5 Å². The molecule has 7 heteroatoms. The molecule has 2 aromatic rings. The van der Waals surface area contributed by atoms with Crippen LogP contribution in [0.5, 0.6) is 5.75 Å². The highest BCUT2D eigenvalue weighted by molar-refractivity contribution is 5.87. The Morgan fingerprint density at radius 3 is 2.79 bits per heavy atom. The van der Waals surface area contributed by atoms with Crippen LogP contribution in [0.1, 0.15) is 16.2 Å². The van der Waals surface area contributed by atoms with Gasteiger partial charge in [0.15, 0.2) is 5.82 Å². The van der Waals surface area contributed by atoms with Gasteiger partial charge in [0, 0.05) is 6.54 Å². The Labute approximate surface area is 109 Å². The zero-order valence-electron chi connectivity index (χ0n) is 10.1. The number of carboxylic acids is 1. The van der Waals surface area contributed by atoms with Gasteiger partial charge >= 0.3 is 5.97 Å². The number of hydrogen-bond acceptors (Lipinski definition) is 6. The second-order valence-corrected chi connectivity index (χ2v) is 3.70. The molecule has 19 heavy (non-hydrogen) atoms. The molecule has 0 unspecified atom stereocenters. The van der Waals surface area contributed by atoms with Crippen molar-refractivity contribution in [3.63, 3.8) is 0 Å². The molecule has 0 saturated carbocycles. The summed E-state index contributed by atoms with van der Waals surface area (Å²) < 4.78 is 10.0. The first kappa shape index (κ1) is 13.0. The Morgan fingerprint density at radius 2 is 2.16 bits per heavy atom. The summed E-state index contributed by atoms with van der Waals surface area (Å²) in [5.74, 6) is 0.269. The van der Waals surface area contributed by atoms with Crippen molar-refractivity contribution in [3.05, 3.63) is 42.0 Å². The van der Waals surface area contributed by atoms with Crippen LogP contribution >= 0.6 is 0 Å². The van der Waals surface area contributed by atoms with E-state index in [2.05, 4.69) is 20.0 Å². The average Bonchev–Trinajstić information content (AvgIpc) is 2.92. The number of hydrogen-bond donors (Lipinski definition) is 2. The lowest BCUT2D eigenvalue weighted by atomic mass is 10.2. The van der Waals surface area contributed by atoms with Gasteiger partial charge in [-0.15, -0.1) is 0 Å². The summed E-state index contributed by atoms with van der Waals surface area (Å²) in [5.41, 5.74) is 0.239. The predicted octanol–water partition coefficient (Wildman–Crippen LogP) is 0.936. The number of ether oxygens (including phenoxy) is 1. The first-order chi connectivity index (χ1) is 9.25. The lowest BCUT2D eigenvalue weighted by Crippen LogP contribution is -2.21. The third-order valence-electron chi connectivity index (χ3n) is 2.34. The van der Waals surface area contributed by atoms with Gasteiger partial charge in [0.1, 0.15) is 12.4 Å². The molecule has 1 aromatic carbocycles. The van der Waals surface area contributed by atoms with Crippen LogP contribution in [0.15, 0.2) is 35.2 Å². The topological polar surface area (TPSA) is 97.5 Å². The first-order valence-electron chi connectivity index (χ1n) is 5.68. The van der Waals surface area contributed by atoms with Crippen LogP contribution in [0.2, 0.25) is 0 Å². The van der Waals surface area contributed by atoms with Gasteiger partial charge in [-0.1, -0.05) is 5.16 Å². The highest BCUT2D eigenvalue weighted by atomic mass is 16.5. The molecular weight excluding hydrogens is 250 g/mol. The first-order valence-corrected chi connectivity index (χ1v) is 5.68. The zero-order valence-corrected chi connectivity index (χ0v) is 10.1. The maximum absolute atomic E-state index is 10.7. The SMILES string of the molecule is O=C(O)c1ccc(OCCNCc2ncon2)cc1. The summed E-state index contributed by atoms with van der Waals surface area (Å²) in [5, 5.41) is 15.5. The van der Waals surface area contributed by atoms with Crippen LogP contribution in [0, 0.1) is 0 Å². The summed E-state index contributed by atoms with van der Waals surface area (Å²) in [6.07, 6.45) is 1.28. The minimum absolute atomic E-state index is 0.239. The van der Waals surface area contributed by atoms with Gasteiger partial charge in [0.2, 0.25) is 6.39 Å². The number of rotatable bonds is 7. The molecule has 0 aliphatic carbocycles. The third-order valence-corrected chi connectivity index (χ3v) is 2.34. The minimum atomic E-state index is -0.951. The molecule has 0 spiro atoms. The largest absolute Gasteiger partial charge is 0.492 e. The molecule has 0 aliphatic rings. The van der Waals surface area contributed by atoms with Crippen molar-refractivity contribution in [2.24, 2.45) is 0 Å². The van der Waals surface area contributed by atoms with E-state index in [1.807, 2.05) is 0 Å². The van der Waals surface area contributed by atoms with Crippen LogP contribution in [0.25, 0.3) is 0 Å². The second-order valence-electron chi connectivity index (χ2n) is 3.70. The summed E-state index contributed by atoms with van der Waals surface area (Å²) in [4.78, 5) is 14.5. The molecule has 0 fully saturated rings. The maximum Gasteiger partial charge on any atom is 0.335 e. The molecule has 2 rings (SSSR count). The lowest BCUT2D eigenvalue weighted by Gasteiger charge is -2.06. The predicted molar refractivity (Wildman–Crippen MR) is 64.9 cm³/mol. The Balaban J connectivity index is 1.66. The normalized spacial score (nSPS) is 10.3. The Bertz CT molecular complexity index is 510. The molecule has 7 nitrogen and oxygen atoms in total. The van der Waals surface area contributed by atoms with Gasteiger partial charge in [-0.3, -0.25) is 0 Å². The van der Waals surface area contributed by atoms with Crippen molar-refractivity contribution in [1.29, 1.82) is 0 Å². The van der Waals surface area contributed by atoms with Gasteiger partial charge < -0.3 is 19.7 Å². The quantitative estimate of drug-likeness (QED) is 0.717. The van der Waals surface area contributed by atoms with Crippen LogP contribution in [-0.2, 0) is 6.54 Å². The molecule has 0 aliphatic heterocycles. The molecule has 0 radical (unpaired) electrons. The number of aromatic carboxylic acids is 1. The van der Waals surface area contributed by atoms with E-state index in [-0.39, 0.29) is 5.56 Å². The molecule has 1 aromatic heterocycles. The molecule has 1 heterocycles. The summed E-state index contributed by atoms with van der Waals surface area (Å²) in [6, 6.07) is 6.26. The molecule has 0 atom stereocenters. The van der Waals surface area contributed by atoms with Gasteiger partial charge in [0.05, 0.1) is 12.1 Å². The molecule has 0 bridgehead atoms. The fourth-order valence-corrected chi connectivity index (χ4v) is 1.41. The van der Waals surface area contributed by atoms with Gasteiger partial charge in [0.25, 0.3) is 0 Å². The monoisotopic (exact) mass is 263 g/mol. The van der Waals surface area contributed by atoms with Gasteiger partial charge in [-0.25, -0.2) is 4.79 Å². The van der Waals surface area contributed by atoms with E-state index in [0.717, 1.165) is 0 Å². The molecule has 100 valence electrons. The van der Waals surface area contributed by atoms with Crippen LogP contribution < -0.4 is 10.1 Å². The third kappa shape index (κ3) is 4.07. The standard InChI is InChI=1S/C12H13N3O4/c16-12(17)9-1-3-10(4-2-9)18-6-5-13-7-11-14-8-19-15-11/h1-4,8,13H,5-7H2,(H,16,17). The number of aromatic nitrogens is 2. The van der Waals surface area contributed by atoms with Crippen molar-refractivity contribution >= 4 is 5.97 Å². The molecule has 2 N–H and O–H groups in total. The van der Waals surface area contributed by atoms with Crippen LogP contribution in [0.4, 0.5) is 0 Å². The average molecular weight is 263 g/mol. The lowest BCUT2D eigenvalue weighted by molar-refractivity contribution is 0.0697. The minimum Gasteiger partial charge on any atom is -0.492 e. The van der Waals surface area contributed by atoms with Gasteiger partial charge in [-0.2, -0.15) is 4.98 Å². The highest BCUT2D eigenvalue weighted by Gasteiger charge is 2.02. The fraction of sp³-hybridized carbons (Fsp3) is 0.250. The van der Waals surface area contributed by atoms with E-state index in [1.165, 1.54) is 18.5 Å². The van der Waals surface area contributed by atoms with E-state index >= 15 is 0 Å². The van der Waals surface area contributed by atoms with Crippen molar-refractivity contribution in [2.45, 2.75) is 6.54 Å². The summed E-state index contributed by atoms with van der Waals surface area (Å²) in [7, 11) is 0. The fourth-order valence-electron chi connectivity index (χ4n) is 1.41. The summed E-state index contributed by atoms with van der Waals surface area (Å²) in [6.45, 7) is 1.59. The van der Waals surface area contributed by atoms with Crippen LogP contribution in [0.3, 0.4) is 0 Å². The molecule has 0 amide bonds. The maximum atomic E-state index is 10.7. The van der Waals surface area contributed by atoms with E-state index in [4.69, 9.17) is 9.84 Å². The Morgan fingerprint density at radius 1 is 1.37 bits per heavy atom. The van der Waals surface area contributed by atoms with Gasteiger partial charge in [-0.05, 0) is 24.3 Å². The van der Waals surface area contributed by atoms with E-state index < -0.39 is 5.97 Å². The second kappa shape index (κ2) is 6.50. The van der Waals surface area contributed by atoms with Crippen molar-refractivity contribution in [2.75, 3.05) is 13.2 Å². The van der Waals surface area contributed by atoms with E-state index in [1.54, 1.807) is 12.1 Å². The van der Waals surface area contributed by atoms with E-state index in [0.29, 0.717) is 31.3 Å². The smallest absolute Gasteiger partial charge is 0.335 e. The van der Waals surface area contributed by atoms with Crippen molar-refractivity contribution < 1.29 is 19.2 Å².